The molecule has 0 saturated heterocycles. The minimum Gasteiger partial charge on any atom is -0.480 e. The minimum absolute atomic E-state index is 0.311. The lowest BCUT2D eigenvalue weighted by atomic mass is 9.92. The van der Waals surface area contributed by atoms with Crippen molar-refractivity contribution in [3.8, 4) is 5.75 Å². The maximum atomic E-state index is 12.3. The molecule has 0 radical (unpaired) electrons. The van der Waals surface area contributed by atoms with E-state index >= 15 is 0 Å². The first kappa shape index (κ1) is 15.2. The number of hydrogen-bond acceptors (Lipinski definition) is 4. The van der Waals surface area contributed by atoms with E-state index in [1.807, 2.05) is 18.2 Å². The molecule has 1 unspecified atom stereocenters. The predicted molar refractivity (Wildman–Crippen MR) is 78.4 cm³/mol. The first-order valence-electron chi connectivity index (χ1n) is 7.07. The molecular formula is C15H20N2O4. The second-order valence-corrected chi connectivity index (χ2v) is 5.07. The van der Waals surface area contributed by atoms with Gasteiger partial charge in [-0.2, -0.15) is 0 Å². The zero-order chi connectivity index (χ0) is 15.5. The third kappa shape index (κ3) is 2.94. The molecule has 1 aromatic carbocycles. The van der Waals surface area contributed by atoms with E-state index in [0.717, 1.165) is 5.69 Å². The number of carboxylic acid groups (broad SMARTS) is 1. The Kier molecular flexibility index (Phi) is 4.35. The van der Waals surface area contributed by atoms with E-state index < -0.39 is 23.5 Å². The quantitative estimate of drug-likeness (QED) is 0.767. The highest BCUT2D eigenvalue weighted by molar-refractivity contribution is 5.90. The van der Waals surface area contributed by atoms with E-state index in [1.54, 1.807) is 19.9 Å². The molecule has 0 aromatic heterocycles. The SMILES string of the molecule is CCC(CC)(NC(=O)C1CNc2ccccc2O1)C(=O)O. The Morgan fingerprint density at radius 3 is 2.67 bits per heavy atom. The molecule has 6 nitrogen and oxygen atoms in total. The zero-order valence-electron chi connectivity index (χ0n) is 12.2. The summed E-state index contributed by atoms with van der Waals surface area (Å²) in [4.78, 5) is 23.7. The highest BCUT2D eigenvalue weighted by Crippen LogP contribution is 2.28. The molecule has 0 bridgehead atoms. The summed E-state index contributed by atoms with van der Waals surface area (Å²) in [6, 6.07) is 7.33. The van der Waals surface area contributed by atoms with Crippen molar-refractivity contribution in [3.05, 3.63) is 24.3 Å². The van der Waals surface area contributed by atoms with Crippen LogP contribution in [-0.4, -0.2) is 35.2 Å². The zero-order valence-corrected chi connectivity index (χ0v) is 12.2. The summed E-state index contributed by atoms with van der Waals surface area (Å²) in [5.74, 6) is -0.842. The number of hydrogen-bond donors (Lipinski definition) is 3. The lowest BCUT2D eigenvalue weighted by Crippen LogP contribution is -2.58. The van der Waals surface area contributed by atoms with Gasteiger partial charge in [-0.1, -0.05) is 26.0 Å². The van der Waals surface area contributed by atoms with Gasteiger partial charge in [0.25, 0.3) is 5.91 Å². The number of para-hydroxylation sites is 2. The van der Waals surface area contributed by atoms with Crippen LogP contribution < -0.4 is 15.4 Å². The fraction of sp³-hybridized carbons (Fsp3) is 0.467. The van der Waals surface area contributed by atoms with Gasteiger partial charge in [0.15, 0.2) is 6.10 Å². The van der Waals surface area contributed by atoms with Gasteiger partial charge in [0.1, 0.15) is 11.3 Å². The molecule has 1 heterocycles. The Morgan fingerprint density at radius 2 is 2.05 bits per heavy atom. The first-order valence-corrected chi connectivity index (χ1v) is 7.07. The Morgan fingerprint density at radius 1 is 1.38 bits per heavy atom. The molecule has 3 N–H and O–H groups in total. The molecule has 2 rings (SSSR count). The standard InChI is InChI=1S/C15H20N2O4/c1-3-15(4-2,14(19)20)17-13(18)12-9-16-10-7-5-6-8-11(10)21-12/h5-8,12,16H,3-4,9H2,1-2H3,(H,17,18)(H,19,20). The molecule has 6 heteroatoms. The van der Waals surface area contributed by atoms with E-state index in [1.165, 1.54) is 0 Å². The number of benzene rings is 1. The largest absolute Gasteiger partial charge is 0.480 e. The topological polar surface area (TPSA) is 87.7 Å². The van der Waals surface area contributed by atoms with Crippen LogP contribution in [0.15, 0.2) is 24.3 Å². The van der Waals surface area contributed by atoms with Crippen LogP contribution in [0.4, 0.5) is 5.69 Å². The van der Waals surface area contributed by atoms with Crippen LogP contribution in [0.25, 0.3) is 0 Å². The van der Waals surface area contributed by atoms with Crippen molar-refractivity contribution >= 4 is 17.6 Å². The minimum atomic E-state index is -1.24. The number of rotatable bonds is 5. The summed E-state index contributed by atoms with van der Waals surface area (Å²) >= 11 is 0. The third-order valence-corrected chi connectivity index (χ3v) is 3.91. The van der Waals surface area contributed by atoms with Crippen LogP contribution in [0.5, 0.6) is 5.75 Å². The molecular weight excluding hydrogens is 272 g/mol. The number of carbonyl (C=O) groups is 2. The highest BCUT2D eigenvalue weighted by atomic mass is 16.5. The molecule has 0 fully saturated rings. The maximum absolute atomic E-state index is 12.3. The van der Waals surface area contributed by atoms with Crippen molar-refractivity contribution in [1.82, 2.24) is 5.32 Å². The van der Waals surface area contributed by atoms with Gasteiger partial charge in [-0.3, -0.25) is 4.79 Å². The second-order valence-electron chi connectivity index (χ2n) is 5.07. The molecule has 1 amide bonds. The van der Waals surface area contributed by atoms with E-state index in [2.05, 4.69) is 10.6 Å². The number of fused-ring (bicyclic) bond motifs is 1. The van der Waals surface area contributed by atoms with Gasteiger partial charge >= 0.3 is 5.97 Å². The van der Waals surface area contributed by atoms with Gasteiger partial charge in [-0.15, -0.1) is 0 Å². The maximum Gasteiger partial charge on any atom is 0.329 e. The van der Waals surface area contributed by atoms with E-state index in [9.17, 15) is 14.7 Å². The number of aliphatic carboxylic acids is 1. The van der Waals surface area contributed by atoms with Gasteiger partial charge in [-0.25, -0.2) is 4.79 Å². The van der Waals surface area contributed by atoms with Crippen molar-refractivity contribution < 1.29 is 19.4 Å². The van der Waals surface area contributed by atoms with Gasteiger partial charge in [0.2, 0.25) is 0 Å². The average Bonchev–Trinajstić information content (AvgIpc) is 2.51. The van der Waals surface area contributed by atoms with E-state index in [-0.39, 0.29) is 0 Å². The molecule has 0 saturated carbocycles. The third-order valence-electron chi connectivity index (χ3n) is 3.91. The van der Waals surface area contributed by atoms with Crippen LogP contribution in [0, 0.1) is 0 Å². The van der Waals surface area contributed by atoms with Crippen molar-refractivity contribution in [1.29, 1.82) is 0 Å². The number of carbonyl (C=O) groups excluding carboxylic acids is 1. The number of ether oxygens (including phenoxy) is 1. The van der Waals surface area contributed by atoms with Gasteiger partial charge in [0, 0.05) is 0 Å². The van der Waals surface area contributed by atoms with Gasteiger partial charge in [0.05, 0.1) is 12.2 Å². The van der Waals surface area contributed by atoms with Crippen LogP contribution in [0.2, 0.25) is 0 Å². The van der Waals surface area contributed by atoms with Crippen LogP contribution in [-0.2, 0) is 9.59 Å². The fourth-order valence-electron chi connectivity index (χ4n) is 2.36. The number of amides is 1. The molecule has 0 spiro atoms. The molecule has 1 aliphatic heterocycles. The molecule has 0 aliphatic carbocycles. The normalized spacial score (nSPS) is 17.1. The number of anilines is 1. The van der Waals surface area contributed by atoms with Gasteiger partial charge in [-0.05, 0) is 25.0 Å². The summed E-state index contributed by atoms with van der Waals surface area (Å²) in [6.45, 7) is 3.80. The summed E-state index contributed by atoms with van der Waals surface area (Å²) in [5, 5.41) is 15.1. The Balaban J connectivity index is 2.10. The summed E-state index contributed by atoms with van der Waals surface area (Å²) < 4.78 is 5.64. The molecule has 114 valence electrons. The Labute approximate surface area is 123 Å². The first-order chi connectivity index (χ1) is 10.0. The lowest BCUT2D eigenvalue weighted by molar-refractivity contribution is -0.149. The fourth-order valence-corrected chi connectivity index (χ4v) is 2.36. The second kappa shape index (κ2) is 6.03. The smallest absolute Gasteiger partial charge is 0.329 e. The molecule has 21 heavy (non-hydrogen) atoms. The number of nitrogens with one attached hydrogen (secondary N) is 2. The molecule has 1 aromatic rings. The Hall–Kier alpha value is -2.24. The predicted octanol–water partition coefficient (Wildman–Crippen LogP) is 1.62. The average molecular weight is 292 g/mol. The van der Waals surface area contributed by atoms with Crippen molar-refractivity contribution in [2.75, 3.05) is 11.9 Å². The van der Waals surface area contributed by atoms with Crippen LogP contribution >= 0.6 is 0 Å². The van der Waals surface area contributed by atoms with Crippen molar-refractivity contribution in [2.24, 2.45) is 0 Å². The molecule has 1 atom stereocenters. The highest BCUT2D eigenvalue weighted by Gasteiger charge is 2.39. The van der Waals surface area contributed by atoms with Crippen LogP contribution in [0.3, 0.4) is 0 Å². The lowest BCUT2D eigenvalue weighted by Gasteiger charge is -2.32. The van der Waals surface area contributed by atoms with Crippen molar-refractivity contribution in [3.63, 3.8) is 0 Å². The van der Waals surface area contributed by atoms with Gasteiger partial charge < -0.3 is 20.5 Å². The van der Waals surface area contributed by atoms with Crippen LogP contribution in [0.1, 0.15) is 26.7 Å². The van der Waals surface area contributed by atoms with E-state index in [0.29, 0.717) is 25.1 Å². The van der Waals surface area contributed by atoms with Crippen molar-refractivity contribution in [2.45, 2.75) is 38.3 Å². The molecule has 1 aliphatic rings. The van der Waals surface area contributed by atoms with E-state index in [4.69, 9.17) is 4.74 Å². The summed E-state index contributed by atoms with van der Waals surface area (Å²) in [5.41, 5.74) is -0.408. The monoisotopic (exact) mass is 292 g/mol. The summed E-state index contributed by atoms with van der Waals surface area (Å²) in [7, 11) is 0. The number of carboxylic acids is 1. The summed E-state index contributed by atoms with van der Waals surface area (Å²) in [6.07, 6.45) is -0.0977. The Bertz CT molecular complexity index is 540.